The molecule has 138 valence electrons. The fourth-order valence-corrected chi connectivity index (χ4v) is 2.64. The normalized spacial score (nSPS) is 18.2. The van der Waals surface area contributed by atoms with E-state index in [1.165, 1.54) is 39.1 Å². The third-order valence-electron chi connectivity index (χ3n) is 4.21. The Balaban J connectivity index is 0.00000484. The van der Waals surface area contributed by atoms with Gasteiger partial charge in [-0.3, -0.25) is 4.99 Å². The number of thioether (sulfide) groups is 1. The van der Waals surface area contributed by atoms with Crippen LogP contribution in [0.2, 0.25) is 0 Å². The van der Waals surface area contributed by atoms with E-state index in [9.17, 15) is 0 Å². The molecule has 1 heterocycles. The van der Waals surface area contributed by atoms with Gasteiger partial charge in [0.05, 0.1) is 0 Å². The lowest BCUT2D eigenvalue weighted by Gasteiger charge is -2.24. The van der Waals surface area contributed by atoms with E-state index in [4.69, 9.17) is 0 Å². The van der Waals surface area contributed by atoms with Crippen LogP contribution >= 0.6 is 35.7 Å². The van der Waals surface area contributed by atoms with Gasteiger partial charge in [-0.15, -0.1) is 24.0 Å². The van der Waals surface area contributed by atoms with Crippen LogP contribution in [-0.4, -0.2) is 86.7 Å². The number of guanidine groups is 1. The minimum atomic E-state index is 0. The number of nitrogens with zero attached hydrogens (tertiary/aromatic N) is 3. The molecule has 0 spiro atoms. The minimum Gasteiger partial charge on any atom is -0.356 e. The largest absolute Gasteiger partial charge is 0.356 e. The Morgan fingerprint density at radius 3 is 2.57 bits per heavy atom. The first-order valence-electron chi connectivity index (χ1n) is 8.37. The molecule has 0 unspecified atom stereocenters. The molecule has 0 amide bonds. The molecule has 1 aliphatic rings. The summed E-state index contributed by atoms with van der Waals surface area (Å²) in [7, 11) is 4.06. The van der Waals surface area contributed by atoms with Gasteiger partial charge < -0.3 is 20.4 Å². The molecule has 2 N–H and O–H groups in total. The van der Waals surface area contributed by atoms with Crippen molar-refractivity contribution in [1.82, 2.24) is 20.4 Å². The fourth-order valence-electron chi connectivity index (χ4n) is 2.42. The maximum absolute atomic E-state index is 4.30. The molecule has 7 heteroatoms. The molecule has 0 radical (unpaired) electrons. The Bertz CT molecular complexity index is 338. The van der Waals surface area contributed by atoms with Gasteiger partial charge in [-0.2, -0.15) is 11.8 Å². The molecular formula is C16H36IN5S. The highest BCUT2D eigenvalue weighted by atomic mass is 127. The van der Waals surface area contributed by atoms with Crippen LogP contribution < -0.4 is 10.6 Å². The van der Waals surface area contributed by atoms with Crippen LogP contribution in [-0.2, 0) is 0 Å². The van der Waals surface area contributed by atoms with E-state index in [0.717, 1.165) is 25.5 Å². The van der Waals surface area contributed by atoms with Crippen LogP contribution in [0.4, 0.5) is 0 Å². The Morgan fingerprint density at radius 1 is 1.17 bits per heavy atom. The van der Waals surface area contributed by atoms with Crippen molar-refractivity contribution in [2.24, 2.45) is 4.99 Å². The second-order valence-electron chi connectivity index (χ2n) is 6.67. The summed E-state index contributed by atoms with van der Waals surface area (Å²) in [4.78, 5) is 9.31. The van der Waals surface area contributed by atoms with E-state index in [-0.39, 0.29) is 28.7 Å². The molecule has 0 aromatic carbocycles. The molecule has 1 saturated heterocycles. The predicted octanol–water partition coefficient (Wildman–Crippen LogP) is 1.94. The molecule has 0 saturated carbocycles. The highest BCUT2D eigenvalue weighted by Crippen LogP contribution is 2.19. The first kappa shape index (κ1) is 23.3. The lowest BCUT2D eigenvalue weighted by Crippen LogP contribution is -2.44. The summed E-state index contributed by atoms with van der Waals surface area (Å²) < 4.78 is 0.232. The van der Waals surface area contributed by atoms with Crippen molar-refractivity contribution in [2.75, 3.05) is 66.2 Å². The Morgan fingerprint density at radius 2 is 1.91 bits per heavy atom. The number of hydrogen-bond donors (Lipinski definition) is 2. The number of rotatable bonds is 7. The third kappa shape index (κ3) is 10.7. The van der Waals surface area contributed by atoms with Crippen molar-refractivity contribution in [3.05, 3.63) is 0 Å². The Hall–Kier alpha value is 0.270. The average molecular weight is 457 g/mol. The molecule has 1 rings (SSSR count). The summed E-state index contributed by atoms with van der Waals surface area (Å²) in [5.41, 5.74) is 0. The van der Waals surface area contributed by atoms with E-state index < -0.39 is 0 Å². The summed E-state index contributed by atoms with van der Waals surface area (Å²) >= 11 is 1.87. The molecule has 5 nitrogen and oxygen atoms in total. The lowest BCUT2D eigenvalue weighted by molar-refractivity contribution is 0.274. The molecule has 1 aliphatic heterocycles. The highest BCUT2D eigenvalue weighted by molar-refractivity contribution is 14.0. The number of halogens is 1. The maximum atomic E-state index is 4.30. The fraction of sp³-hybridized carbons (Fsp3) is 0.938. The van der Waals surface area contributed by atoms with Crippen molar-refractivity contribution < 1.29 is 0 Å². The molecular weight excluding hydrogens is 421 g/mol. The van der Waals surface area contributed by atoms with E-state index in [1.54, 1.807) is 0 Å². The van der Waals surface area contributed by atoms with Crippen LogP contribution in [0, 0.1) is 0 Å². The van der Waals surface area contributed by atoms with Gasteiger partial charge in [0.25, 0.3) is 0 Å². The van der Waals surface area contributed by atoms with Gasteiger partial charge >= 0.3 is 0 Å². The number of likely N-dealkylation sites (N-methyl/N-ethyl adjacent to an activating group) is 1. The molecule has 0 aliphatic carbocycles. The second kappa shape index (κ2) is 12.6. The molecule has 0 aromatic rings. The third-order valence-corrected chi connectivity index (χ3v) is 5.46. The highest BCUT2D eigenvalue weighted by Gasteiger charge is 2.16. The first-order valence-corrected chi connectivity index (χ1v) is 9.60. The molecule has 0 aromatic heterocycles. The van der Waals surface area contributed by atoms with Crippen LogP contribution in [0.5, 0.6) is 0 Å². The van der Waals surface area contributed by atoms with E-state index in [1.807, 2.05) is 18.8 Å². The SMILES string of the molecule is CN=C(NCCCN1CCCN(C)CC1)NCC(C)(C)SC.I. The summed E-state index contributed by atoms with van der Waals surface area (Å²) in [5, 5.41) is 6.84. The van der Waals surface area contributed by atoms with Crippen LogP contribution in [0.1, 0.15) is 26.7 Å². The predicted molar refractivity (Wildman–Crippen MR) is 116 cm³/mol. The van der Waals surface area contributed by atoms with Crippen molar-refractivity contribution in [1.29, 1.82) is 0 Å². The van der Waals surface area contributed by atoms with Gasteiger partial charge in [0.1, 0.15) is 0 Å². The van der Waals surface area contributed by atoms with E-state index in [2.05, 4.69) is 52.6 Å². The summed E-state index contributed by atoms with van der Waals surface area (Å²) in [6.07, 6.45) is 4.60. The monoisotopic (exact) mass is 457 g/mol. The number of nitrogens with one attached hydrogen (secondary N) is 2. The minimum absolute atomic E-state index is 0. The smallest absolute Gasteiger partial charge is 0.191 e. The Labute approximate surface area is 164 Å². The first-order chi connectivity index (χ1) is 10.5. The van der Waals surface area contributed by atoms with Crippen LogP contribution in [0.25, 0.3) is 0 Å². The van der Waals surface area contributed by atoms with Crippen molar-refractivity contribution in [2.45, 2.75) is 31.4 Å². The number of hydrogen-bond acceptors (Lipinski definition) is 4. The zero-order valence-corrected chi connectivity index (χ0v) is 18.7. The lowest BCUT2D eigenvalue weighted by atomic mass is 10.2. The van der Waals surface area contributed by atoms with Crippen molar-refractivity contribution >= 4 is 41.7 Å². The Kier molecular flexibility index (Phi) is 12.8. The molecule has 0 bridgehead atoms. The topological polar surface area (TPSA) is 42.9 Å². The van der Waals surface area contributed by atoms with Crippen LogP contribution in [0.15, 0.2) is 4.99 Å². The zero-order valence-electron chi connectivity index (χ0n) is 15.5. The summed E-state index contributed by atoms with van der Waals surface area (Å²) in [6.45, 7) is 12.4. The van der Waals surface area contributed by atoms with Crippen LogP contribution in [0.3, 0.4) is 0 Å². The van der Waals surface area contributed by atoms with E-state index in [0.29, 0.717) is 0 Å². The zero-order chi connectivity index (χ0) is 16.4. The van der Waals surface area contributed by atoms with Gasteiger partial charge in [0, 0.05) is 38.0 Å². The van der Waals surface area contributed by atoms with Gasteiger partial charge in [-0.1, -0.05) is 0 Å². The van der Waals surface area contributed by atoms with Gasteiger partial charge in [-0.05, 0) is 59.6 Å². The molecule has 0 atom stereocenters. The average Bonchev–Trinajstić information content (AvgIpc) is 2.71. The quantitative estimate of drug-likeness (QED) is 0.265. The van der Waals surface area contributed by atoms with E-state index >= 15 is 0 Å². The standard InChI is InChI=1S/C16H35N5S.HI/c1-16(2,22-5)14-19-15(17-3)18-8-6-10-21-11-7-9-20(4)12-13-21;/h6-14H2,1-5H3,(H2,17,18,19);1H. The van der Waals surface area contributed by atoms with Crippen molar-refractivity contribution in [3.8, 4) is 0 Å². The summed E-state index contributed by atoms with van der Waals surface area (Å²) in [5.74, 6) is 0.915. The maximum Gasteiger partial charge on any atom is 0.191 e. The molecule has 1 fully saturated rings. The van der Waals surface area contributed by atoms with Crippen molar-refractivity contribution in [3.63, 3.8) is 0 Å². The van der Waals surface area contributed by atoms with Gasteiger partial charge in [0.2, 0.25) is 0 Å². The van der Waals surface area contributed by atoms with Gasteiger partial charge in [0.15, 0.2) is 5.96 Å². The second-order valence-corrected chi connectivity index (χ2v) is 8.18. The van der Waals surface area contributed by atoms with Gasteiger partial charge in [-0.25, -0.2) is 0 Å². The summed E-state index contributed by atoms with van der Waals surface area (Å²) in [6, 6.07) is 0. The number of aliphatic imine (C=N–C) groups is 1. The molecule has 23 heavy (non-hydrogen) atoms.